The van der Waals surface area contributed by atoms with Crippen LogP contribution in [0.5, 0.6) is 0 Å². The first-order chi connectivity index (χ1) is 13.4. The Balaban J connectivity index is 1.83. The van der Waals surface area contributed by atoms with E-state index in [-0.39, 0.29) is 11.8 Å². The maximum Gasteiger partial charge on any atom is 0.251 e. The number of nitrogens with one attached hydrogen (secondary N) is 3. The third kappa shape index (κ3) is 6.04. The lowest BCUT2D eigenvalue weighted by molar-refractivity contribution is 0.0963. The smallest absolute Gasteiger partial charge is 0.251 e. The predicted octanol–water partition coefficient (Wildman–Crippen LogP) is 2.84. The third-order valence-electron chi connectivity index (χ3n) is 4.43. The largest absolute Gasteiger partial charge is 0.356 e. The molecule has 2 rings (SSSR count). The van der Waals surface area contributed by atoms with Crippen molar-refractivity contribution in [3.05, 3.63) is 70.8 Å². The zero-order chi connectivity index (χ0) is 20.5. The van der Waals surface area contributed by atoms with Crippen molar-refractivity contribution in [2.45, 2.75) is 19.3 Å². The average Bonchev–Trinajstić information content (AvgIpc) is 2.71. The second-order valence-corrected chi connectivity index (χ2v) is 6.48. The molecule has 2 aromatic rings. The zero-order valence-electron chi connectivity index (χ0n) is 16.4. The number of hydrogen-bond donors (Lipinski definition) is 3. The lowest BCUT2D eigenvalue weighted by atomic mass is 10.0. The predicted molar refractivity (Wildman–Crippen MR) is 108 cm³/mol. The van der Waals surface area contributed by atoms with Crippen LogP contribution < -0.4 is 16.0 Å². The van der Waals surface area contributed by atoms with Gasteiger partial charge in [0.15, 0.2) is 17.6 Å². The fraction of sp³-hybridized carbons (Fsp3) is 0.333. The van der Waals surface area contributed by atoms with Gasteiger partial charge in [0, 0.05) is 32.7 Å². The number of carbonyl (C=O) groups is 1. The summed E-state index contributed by atoms with van der Waals surface area (Å²) in [5.41, 5.74) is 2.38. The molecular weight excluding hydrogens is 362 g/mol. The number of amides is 1. The molecule has 0 radical (unpaired) electrons. The van der Waals surface area contributed by atoms with E-state index in [4.69, 9.17) is 0 Å². The van der Waals surface area contributed by atoms with Gasteiger partial charge in [0.05, 0.1) is 0 Å². The summed E-state index contributed by atoms with van der Waals surface area (Å²) in [7, 11) is 3.28. The molecule has 0 saturated carbocycles. The average molecular weight is 388 g/mol. The van der Waals surface area contributed by atoms with Crippen LogP contribution in [-0.2, 0) is 6.42 Å². The molecule has 28 heavy (non-hydrogen) atoms. The van der Waals surface area contributed by atoms with E-state index in [1.165, 1.54) is 6.07 Å². The minimum Gasteiger partial charge on any atom is -0.356 e. The Morgan fingerprint density at radius 1 is 1.11 bits per heavy atom. The molecule has 1 unspecified atom stereocenters. The summed E-state index contributed by atoms with van der Waals surface area (Å²) in [6, 6.07) is 11.4. The molecule has 0 spiro atoms. The van der Waals surface area contributed by atoms with Gasteiger partial charge in [-0.3, -0.25) is 9.79 Å². The number of guanidine groups is 1. The first-order valence-electron chi connectivity index (χ1n) is 9.15. The van der Waals surface area contributed by atoms with Crippen molar-refractivity contribution in [2.24, 2.45) is 4.99 Å². The Kier molecular flexibility index (Phi) is 7.92. The van der Waals surface area contributed by atoms with Gasteiger partial charge in [-0.2, -0.15) is 0 Å². The summed E-state index contributed by atoms with van der Waals surface area (Å²) in [5, 5.41) is 9.01. The highest BCUT2D eigenvalue weighted by Gasteiger charge is 2.10. The SMILES string of the molecule is CN=C(NCCc1cccc(C(=O)NC)c1)NCC(C)c1ccc(F)c(F)c1. The van der Waals surface area contributed by atoms with Gasteiger partial charge in [-0.15, -0.1) is 0 Å². The lowest BCUT2D eigenvalue weighted by Crippen LogP contribution is -2.39. The molecule has 150 valence electrons. The number of carbonyl (C=O) groups excluding carboxylic acids is 1. The van der Waals surface area contributed by atoms with E-state index in [0.29, 0.717) is 30.2 Å². The second-order valence-electron chi connectivity index (χ2n) is 6.48. The Hall–Kier alpha value is -2.96. The van der Waals surface area contributed by atoms with Gasteiger partial charge in [0.25, 0.3) is 5.91 Å². The maximum absolute atomic E-state index is 13.4. The van der Waals surface area contributed by atoms with E-state index in [2.05, 4.69) is 20.9 Å². The van der Waals surface area contributed by atoms with E-state index in [9.17, 15) is 13.6 Å². The van der Waals surface area contributed by atoms with Crippen molar-refractivity contribution < 1.29 is 13.6 Å². The van der Waals surface area contributed by atoms with Crippen LogP contribution >= 0.6 is 0 Å². The molecule has 5 nitrogen and oxygen atoms in total. The standard InChI is InChI=1S/C21H26F2N4O/c1-14(16-7-8-18(22)19(23)12-16)13-27-21(25-3)26-10-9-15-5-4-6-17(11-15)20(28)24-2/h4-8,11-12,14H,9-10,13H2,1-3H3,(H,24,28)(H2,25,26,27). The van der Waals surface area contributed by atoms with E-state index in [1.807, 2.05) is 25.1 Å². The monoisotopic (exact) mass is 388 g/mol. The van der Waals surface area contributed by atoms with Crippen LogP contribution in [-0.4, -0.2) is 39.1 Å². The minimum atomic E-state index is -0.845. The molecule has 0 aromatic heterocycles. The fourth-order valence-corrected chi connectivity index (χ4v) is 2.74. The van der Waals surface area contributed by atoms with Crippen molar-refractivity contribution in [1.29, 1.82) is 0 Å². The van der Waals surface area contributed by atoms with Crippen molar-refractivity contribution in [2.75, 3.05) is 27.2 Å². The molecule has 7 heteroatoms. The van der Waals surface area contributed by atoms with Crippen LogP contribution in [0, 0.1) is 11.6 Å². The van der Waals surface area contributed by atoms with Gasteiger partial charge in [-0.1, -0.05) is 25.1 Å². The van der Waals surface area contributed by atoms with E-state index in [1.54, 1.807) is 26.2 Å². The van der Waals surface area contributed by atoms with Crippen molar-refractivity contribution in [3.8, 4) is 0 Å². The molecule has 3 N–H and O–H groups in total. The molecule has 1 atom stereocenters. The van der Waals surface area contributed by atoms with Gasteiger partial charge in [0.1, 0.15) is 0 Å². The normalized spacial score (nSPS) is 12.4. The van der Waals surface area contributed by atoms with E-state index in [0.717, 1.165) is 18.1 Å². The second kappa shape index (κ2) is 10.4. The highest BCUT2D eigenvalue weighted by molar-refractivity contribution is 5.94. The van der Waals surface area contributed by atoms with Crippen LogP contribution in [0.25, 0.3) is 0 Å². The number of benzene rings is 2. The zero-order valence-corrected chi connectivity index (χ0v) is 16.4. The van der Waals surface area contributed by atoms with Crippen molar-refractivity contribution in [3.63, 3.8) is 0 Å². The van der Waals surface area contributed by atoms with Crippen molar-refractivity contribution in [1.82, 2.24) is 16.0 Å². The summed E-state index contributed by atoms with van der Waals surface area (Å²) in [4.78, 5) is 15.9. The highest BCUT2D eigenvalue weighted by atomic mass is 19.2. The Morgan fingerprint density at radius 2 is 1.89 bits per heavy atom. The van der Waals surface area contributed by atoms with Gasteiger partial charge >= 0.3 is 0 Å². The molecular formula is C21H26F2N4O. The van der Waals surface area contributed by atoms with Crippen LogP contribution in [0.4, 0.5) is 8.78 Å². The summed E-state index contributed by atoms with van der Waals surface area (Å²) in [5.74, 6) is -1.19. The minimum absolute atomic E-state index is 0.0158. The Bertz CT molecular complexity index is 839. The van der Waals surface area contributed by atoms with Gasteiger partial charge in [-0.25, -0.2) is 8.78 Å². The summed E-state index contributed by atoms with van der Waals surface area (Å²) in [6.45, 7) is 3.09. The molecule has 2 aromatic carbocycles. The Morgan fingerprint density at radius 3 is 2.57 bits per heavy atom. The van der Waals surface area contributed by atoms with Crippen LogP contribution in [0.2, 0.25) is 0 Å². The topological polar surface area (TPSA) is 65.5 Å². The quantitative estimate of drug-likeness (QED) is 0.505. The third-order valence-corrected chi connectivity index (χ3v) is 4.43. The summed E-state index contributed by atoms with van der Waals surface area (Å²) < 4.78 is 26.4. The maximum atomic E-state index is 13.4. The molecule has 0 heterocycles. The first kappa shape index (κ1) is 21.3. The van der Waals surface area contributed by atoms with Crippen LogP contribution in [0.1, 0.15) is 34.3 Å². The molecule has 0 aliphatic rings. The van der Waals surface area contributed by atoms with Crippen LogP contribution in [0.3, 0.4) is 0 Å². The number of halogens is 2. The number of nitrogens with zero attached hydrogens (tertiary/aromatic N) is 1. The molecule has 0 fully saturated rings. The van der Waals surface area contributed by atoms with E-state index >= 15 is 0 Å². The lowest BCUT2D eigenvalue weighted by Gasteiger charge is -2.16. The van der Waals surface area contributed by atoms with Gasteiger partial charge < -0.3 is 16.0 Å². The van der Waals surface area contributed by atoms with Gasteiger partial charge in [-0.05, 0) is 47.7 Å². The van der Waals surface area contributed by atoms with Crippen LogP contribution in [0.15, 0.2) is 47.5 Å². The number of rotatable bonds is 7. The fourth-order valence-electron chi connectivity index (χ4n) is 2.74. The molecule has 0 saturated heterocycles. The first-order valence-corrected chi connectivity index (χ1v) is 9.15. The van der Waals surface area contributed by atoms with Crippen molar-refractivity contribution >= 4 is 11.9 Å². The Labute approximate surface area is 164 Å². The van der Waals surface area contributed by atoms with E-state index < -0.39 is 11.6 Å². The molecule has 0 bridgehead atoms. The molecule has 1 amide bonds. The molecule has 0 aliphatic heterocycles. The molecule has 0 aliphatic carbocycles. The highest BCUT2D eigenvalue weighted by Crippen LogP contribution is 2.17. The number of aliphatic imine (C=N–C) groups is 1. The summed E-state index contributed by atoms with van der Waals surface area (Å²) >= 11 is 0. The number of hydrogen-bond acceptors (Lipinski definition) is 2. The summed E-state index contributed by atoms with van der Waals surface area (Å²) in [6.07, 6.45) is 0.726. The van der Waals surface area contributed by atoms with Gasteiger partial charge in [0.2, 0.25) is 0 Å².